The van der Waals surface area contributed by atoms with Gasteiger partial charge in [0.25, 0.3) is 11.6 Å². The number of furan rings is 1. The average Bonchev–Trinajstić information content (AvgIpc) is 3.27. The first-order valence-electron chi connectivity index (χ1n) is 7.95. The van der Waals surface area contributed by atoms with Crippen LogP contribution in [0, 0.1) is 13.8 Å². The molecular formula is C19H15N3O4. The second-order valence-electron chi connectivity index (χ2n) is 5.96. The number of pyridine rings is 1. The van der Waals surface area contributed by atoms with Crippen molar-refractivity contribution in [2.24, 2.45) is 0 Å². The summed E-state index contributed by atoms with van der Waals surface area (Å²) in [6, 6.07) is 10.1. The minimum atomic E-state index is -0.407. The van der Waals surface area contributed by atoms with Gasteiger partial charge in [-0.1, -0.05) is 11.2 Å². The van der Waals surface area contributed by atoms with Crippen molar-refractivity contribution < 1.29 is 18.8 Å². The lowest BCUT2D eigenvalue weighted by Crippen LogP contribution is -2.13. The third-order valence-corrected chi connectivity index (χ3v) is 4.04. The molecule has 3 aromatic heterocycles. The van der Waals surface area contributed by atoms with Crippen molar-refractivity contribution in [3.8, 4) is 17.2 Å². The highest BCUT2D eigenvalue weighted by atomic mass is 16.5. The van der Waals surface area contributed by atoms with Gasteiger partial charge in [0.15, 0.2) is 5.76 Å². The third kappa shape index (κ3) is 2.69. The summed E-state index contributed by atoms with van der Waals surface area (Å²) in [5, 5.41) is 17.2. The number of anilines is 1. The van der Waals surface area contributed by atoms with E-state index >= 15 is 0 Å². The second kappa shape index (κ2) is 6.03. The van der Waals surface area contributed by atoms with E-state index in [-0.39, 0.29) is 11.5 Å². The van der Waals surface area contributed by atoms with Gasteiger partial charge in [-0.3, -0.25) is 4.79 Å². The monoisotopic (exact) mass is 349 g/mol. The van der Waals surface area contributed by atoms with Gasteiger partial charge in [-0.15, -0.1) is 0 Å². The number of nitrogens with one attached hydrogen (secondary N) is 1. The average molecular weight is 349 g/mol. The van der Waals surface area contributed by atoms with E-state index in [1.165, 1.54) is 6.26 Å². The summed E-state index contributed by atoms with van der Waals surface area (Å²) in [6.07, 6.45) is 1.52. The van der Waals surface area contributed by atoms with Crippen LogP contribution in [0.15, 0.2) is 51.6 Å². The molecule has 1 amide bonds. The normalized spacial score (nSPS) is 11.0. The van der Waals surface area contributed by atoms with Gasteiger partial charge in [0, 0.05) is 0 Å². The Morgan fingerprint density at radius 2 is 2.04 bits per heavy atom. The topological polar surface area (TPSA) is 101 Å². The van der Waals surface area contributed by atoms with Gasteiger partial charge < -0.3 is 19.4 Å². The number of rotatable bonds is 3. The van der Waals surface area contributed by atoms with Crippen molar-refractivity contribution >= 4 is 22.7 Å². The number of aryl methyl sites for hydroxylation is 2. The zero-order valence-electron chi connectivity index (χ0n) is 14.1. The molecule has 130 valence electrons. The predicted octanol–water partition coefficient (Wildman–Crippen LogP) is 4.06. The van der Waals surface area contributed by atoms with E-state index < -0.39 is 5.91 Å². The molecular weight excluding hydrogens is 334 g/mol. The van der Waals surface area contributed by atoms with Crippen LogP contribution in [0.4, 0.5) is 5.69 Å². The quantitative estimate of drug-likeness (QED) is 0.541. The first-order chi connectivity index (χ1) is 12.5. The van der Waals surface area contributed by atoms with E-state index in [4.69, 9.17) is 8.94 Å². The van der Waals surface area contributed by atoms with E-state index in [1.54, 1.807) is 43.3 Å². The van der Waals surface area contributed by atoms with Crippen LogP contribution in [0.3, 0.4) is 0 Å². The lowest BCUT2D eigenvalue weighted by atomic mass is 10.1. The molecule has 4 aromatic rings. The van der Waals surface area contributed by atoms with E-state index in [1.807, 2.05) is 6.92 Å². The third-order valence-electron chi connectivity index (χ3n) is 4.04. The molecule has 7 nitrogen and oxygen atoms in total. The van der Waals surface area contributed by atoms with Crippen LogP contribution in [0.2, 0.25) is 0 Å². The van der Waals surface area contributed by atoms with E-state index in [2.05, 4.69) is 15.5 Å². The molecule has 1 aromatic carbocycles. The number of fused-ring (bicyclic) bond motifs is 1. The number of benzene rings is 1. The fraction of sp³-hybridized carbons (Fsp3) is 0.105. The van der Waals surface area contributed by atoms with Crippen molar-refractivity contribution in [3.05, 3.63) is 59.5 Å². The lowest BCUT2D eigenvalue weighted by Gasteiger charge is -2.09. The molecule has 0 aliphatic carbocycles. The van der Waals surface area contributed by atoms with Crippen LogP contribution >= 0.6 is 0 Å². The Morgan fingerprint density at radius 1 is 1.19 bits per heavy atom. The molecule has 0 bridgehead atoms. The Labute approximate surface area is 148 Å². The van der Waals surface area contributed by atoms with Crippen molar-refractivity contribution in [2.45, 2.75) is 13.8 Å². The number of nitrogens with zero attached hydrogens (tertiary/aromatic N) is 2. The van der Waals surface area contributed by atoms with Gasteiger partial charge in [-0.2, -0.15) is 0 Å². The highest BCUT2D eigenvalue weighted by Gasteiger charge is 2.21. The summed E-state index contributed by atoms with van der Waals surface area (Å²) >= 11 is 0. The number of amides is 1. The smallest absolute Gasteiger partial charge is 0.259 e. The maximum atomic E-state index is 12.9. The molecule has 0 aliphatic rings. The summed E-state index contributed by atoms with van der Waals surface area (Å²) in [5.41, 5.74) is 2.80. The predicted molar refractivity (Wildman–Crippen MR) is 95.0 cm³/mol. The number of hydrogen-bond donors (Lipinski definition) is 2. The van der Waals surface area contributed by atoms with Crippen molar-refractivity contribution in [1.82, 2.24) is 10.1 Å². The minimum absolute atomic E-state index is 0.00283. The van der Waals surface area contributed by atoms with Crippen LogP contribution in [0.1, 0.15) is 21.6 Å². The van der Waals surface area contributed by atoms with Crippen LogP contribution < -0.4 is 5.32 Å². The lowest BCUT2D eigenvalue weighted by molar-refractivity contribution is 0.102. The number of aromatic hydroxyl groups is 1. The molecule has 26 heavy (non-hydrogen) atoms. The molecule has 0 saturated carbocycles. The Balaban J connectivity index is 1.81. The number of hydrogen-bond acceptors (Lipinski definition) is 6. The SMILES string of the molecule is Cc1ccc(NC(=O)c2cc(-c3ccco3)nc3onc(C)c23)c(O)c1. The fourth-order valence-electron chi connectivity index (χ4n) is 2.76. The molecule has 3 heterocycles. The van der Waals surface area contributed by atoms with E-state index in [9.17, 15) is 9.90 Å². The first-order valence-corrected chi connectivity index (χ1v) is 7.95. The highest BCUT2D eigenvalue weighted by Crippen LogP contribution is 2.29. The largest absolute Gasteiger partial charge is 0.506 e. The van der Waals surface area contributed by atoms with Crippen LogP contribution in [0.25, 0.3) is 22.6 Å². The van der Waals surface area contributed by atoms with Crippen molar-refractivity contribution in [1.29, 1.82) is 0 Å². The van der Waals surface area contributed by atoms with E-state index in [0.29, 0.717) is 33.8 Å². The number of phenols is 1. The molecule has 2 N–H and O–H groups in total. The summed E-state index contributed by atoms with van der Waals surface area (Å²) in [5.74, 6) is 0.0980. The molecule has 0 aliphatic heterocycles. The molecule has 0 radical (unpaired) electrons. The fourth-order valence-corrected chi connectivity index (χ4v) is 2.76. The standard InChI is InChI=1S/C19H15N3O4/c1-10-5-6-13(15(23)8-10)20-18(24)12-9-14(16-4-3-7-25-16)21-19-17(12)11(2)22-26-19/h3-9,23H,1-2H3,(H,20,24). The van der Waals surface area contributed by atoms with Gasteiger partial charge in [0.2, 0.25) is 0 Å². The molecule has 0 saturated heterocycles. The number of aromatic nitrogens is 2. The second-order valence-corrected chi connectivity index (χ2v) is 5.96. The molecule has 0 unspecified atom stereocenters. The summed E-state index contributed by atoms with van der Waals surface area (Å²) in [4.78, 5) is 17.3. The van der Waals surface area contributed by atoms with Crippen LogP contribution in [-0.4, -0.2) is 21.2 Å². The Kier molecular flexibility index (Phi) is 3.69. The summed E-state index contributed by atoms with van der Waals surface area (Å²) in [6.45, 7) is 3.59. The number of carbonyl (C=O) groups is 1. The number of carbonyl (C=O) groups excluding carboxylic acids is 1. The molecule has 0 fully saturated rings. The van der Waals surface area contributed by atoms with Crippen molar-refractivity contribution in [3.63, 3.8) is 0 Å². The molecule has 0 atom stereocenters. The Bertz CT molecular complexity index is 1110. The molecule has 0 spiro atoms. The zero-order chi connectivity index (χ0) is 18.3. The van der Waals surface area contributed by atoms with Gasteiger partial charge in [-0.05, 0) is 49.7 Å². The van der Waals surface area contributed by atoms with E-state index in [0.717, 1.165) is 5.56 Å². The maximum Gasteiger partial charge on any atom is 0.259 e. The summed E-state index contributed by atoms with van der Waals surface area (Å²) in [7, 11) is 0. The highest BCUT2D eigenvalue weighted by molar-refractivity contribution is 6.13. The maximum absolute atomic E-state index is 12.9. The van der Waals surface area contributed by atoms with Crippen molar-refractivity contribution in [2.75, 3.05) is 5.32 Å². The van der Waals surface area contributed by atoms with Gasteiger partial charge >= 0.3 is 0 Å². The van der Waals surface area contributed by atoms with Gasteiger partial charge in [0.1, 0.15) is 11.4 Å². The van der Waals surface area contributed by atoms with Gasteiger partial charge in [-0.25, -0.2) is 4.98 Å². The number of phenolic OH excluding ortho intramolecular Hbond substituents is 1. The van der Waals surface area contributed by atoms with Gasteiger partial charge in [0.05, 0.1) is 28.6 Å². The minimum Gasteiger partial charge on any atom is -0.506 e. The zero-order valence-corrected chi connectivity index (χ0v) is 14.1. The first kappa shape index (κ1) is 15.9. The van der Waals surface area contributed by atoms with Crippen LogP contribution in [-0.2, 0) is 0 Å². The Hall–Kier alpha value is -3.61. The summed E-state index contributed by atoms with van der Waals surface area (Å²) < 4.78 is 10.6. The van der Waals surface area contributed by atoms with Crippen LogP contribution in [0.5, 0.6) is 5.75 Å². The Morgan fingerprint density at radius 3 is 2.77 bits per heavy atom. The molecule has 4 rings (SSSR count). The molecule has 7 heteroatoms.